The Kier molecular flexibility index (Phi) is 4.54. The van der Waals surface area contributed by atoms with Crippen LogP contribution in [-0.2, 0) is 11.2 Å². The van der Waals surface area contributed by atoms with Gasteiger partial charge in [0, 0.05) is 29.6 Å². The van der Waals surface area contributed by atoms with Crippen molar-refractivity contribution in [2.24, 2.45) is 0 Å². The van der Waals surface area contributed by atoms with Crippen molar-refractivity contribution in [3.8, 4) is 0 Å². The lowest BCUT2D eigenvalue weighted by Crippen LogP contribution is -2.42. The Balaban J connectivity index is 1.54. The van der Waals surface area contributed by atoms with Crippen LogP contribution in [0.4, 0.5) is 10.5 Å². The second-order valence-electron chi connectivity index (χ2n) is 8.10. The maximum atomic E-state index is 13.5. The van der Waals surface area contributed by atoms with E-state index in [4.69, 9.17) is 0 Å². The summed E-state index contributed by atoms with van der Waals surface area (Å²) < 4.78 is 0. The van der Waals surface area contributed by atoms with Crippen LogP contribution in [0.2, 0.25) is 0 Å². The molecule has 7 heteroatoms. The number of para-hydroxylation sites is 2. The molecule has 1 unspecified atom stereocenters. The highest BCUT2D eigenvalue weighted by Crippen LogP contribution is 2.42. The number of amides is 4. The summed E-state index contributed by atoms with van der Waals surface area (Å²) in [6.45, 7) is 4.44. The molecule has 2 atom stereocenters. The van der Waals surface area contributed by atoms with Gasteiger partial charge in [-0.05, 0) is 37.1 Å². The molecule has 0 aliphatic carbocycles. The van der Waals surface area contributed by atoms with Gasteiger partial charge in [-0.3, -0.25) is 9.59 Å². The number of carbonyl (C=O) groups excluding carboxylic acids is 3. The number of urea groups is 1. The fourth-order valence-corrected chi connectivity index (χ4v) is 4.78. The molecule has 2 N–H and O–H groups in total. The number of nitrogens with zero attached hydrogens (tertiary/aromatic N) is 2. The molecular weight excluding hydrogens is 392 g/mol. The molecule has 0 spiro atoms. The fourth-order valence-electron chi connectivity index (χ4n) is 4.78. The molecule has 1 aromatic heterocycles. The standard InChI is InChI=1S/C24H24N4O3/c1-3-12-25-22(29)16-9-5-7-11-19(16)28-23(30)20-13-17-15-8-4-6-10-18(15)26-21(17)14(2)27(20)24(28)31/h4-11,14,20,26H,3,12-13H2,1-2H3,(H,25,29)/t14?,20-/m0/s1. The summed E-state index contributed by atoms with van der Waals surface area (Å²) in [6.07, 6.45) is 1.25. The summed E-state index contributed by atoms with van der Waals surface area (Å²) in [5, 5.41) is 3.92. The third-order valence-corrected chi connectivity index (χ3v) is 6.26. The normalized spacial score (nSPS) is 20.2. The van der Waals surface area contributed by atoms with E-state index in [1.807, 2.05) is 38.1 Å². The van der Waals surface area contributed by atoms with Gasteiger partial charge in [0.1, 0.15) is 6.04 Å². The zero-order chi connectivity index (χ0) is 21.7. The van der Waals surface area contributed by atoms with Crippen molar-refractivity contribution in [3.63, 3.8) is 0 Å². The van der Waals surface area contributed by atoms with Gasteiger partial charge >= 0.3 is 6.03 Å². The highest BCUT2D eigenvalue weighted by molar-refractivity contribution is 6.24. The summed E-state index contributed by atoms with van der Waals surface area (Å²) in [4.78, 5) is 45.9. The minimum atomic E-state index is -0.582. The lowest BCUT2D eigenvalue weighted by Gasteiger charge is -2.33. The topological polar surface area (TPSA) is 85.5 Å². The van der Waals surface area contributed by atoms with Crippen molar-refractivity contribution in [2.45, 2.75) is 38.8 Å². The summed E-state index contributed by atoms with van der Waals surface area (Å²) in [7, 11) is 0. The zero-order valence-corrected chi connectivity index (χ0v) is 17.5. The third-order valence-electron chi connectivity index (χ3n) is 6.26. The largest absolute Gasteiger partial charge is 0.356 e. The Morgan fingerprint density at radius 2 is 1.87 bits per heavy atom. The first-order chi connectivity index (χ1) is 15.0. The van der Waals surface area contributed by atoms with Crippen molar-refractivity contribution >= 4 is 34.4 Å². The highest BCUT2D eigenvalue weighted by atomic mass is 16.2. The second kappa shape index (κ2) is 7.27. The Hall–Kier alpha value is -3.61. The van der Waals surface area contributed by atoms with Gasteiger partial charge in [0.2, 0.25) is 0 Å². The van der Waals surface area contributed by atoms with Gasteiger partial charge in [-0.25, -0.2) is 9.69 Å². The number of aromatic amines is 1. The first-order valence-corrected chi connectivity index (χ1v) is 10.7. The van der Waals surface area contributed by atoms with Crippen molar-refractivity contribution < 1.29 is 14.4 Å². The molecule has 1 fully saturated rings. The molecule has 7 nitrogen and oxygen atoms in total. The van der Waals surface area contributed by atoms with Crippen molar-refractivity contribution in [3.05, 3.63) is 65.4 Å². The van der Waals surface area contributed by atoms with Crippen molar-refractivity contribution in [1.82, 2.24) is 15.2 Å². The van der Waals surface area contributed by atoms with Crippen LogP contribution in [0.25, 0.3) is 10.9 Å². The number of benzene rings is 2. The molecule has 2 aromatic carbocycles. The molecule has 3 heterocycles. The van der Waals surface area contributed by atoms with Crippen molar-refractivity contribution in [2.75, 3.05) is 11.4 Å². The number of hydrogen-bond acceptors (Lipinski definition) is 3. The van der Waals surface area contributed by atoms with E-state index in [2.05, 4.69) is 10.3 Å². The molecule has 4 amide bonds. The Labute approximate surface area is 180 Å². The van der Waals surface area contributed by atoms with Crippen molar-refractivity contribution in [1.29, 1.82) is 0 Å². The molecule has 31 heavy (non-hydrogen) atoms. The molecule has 0 bridgehead atoms. The quantitative estimate of drug-likeness (QED) is 0.635. The zero-order valence-electron chi connectivity index (χ0n) is 17.5. The lowest BCUT2D eigenvalue weighted by atomic mass is 9.93. The molecule has 0 radical (unpaired) electrons. The number of carbonyl (C=O) groups is 3. The summed E-state index contributed by atoms with van der Waals surface area (Å²) in [5.74, 6) is -0.573. The van der Waals surface area contributed by atoms with Crippen LogP contribution >= 0.6 is 0 Å². The monoisotopic (exact) mass is 416 g/mol. The predicted octanol–water partition coefficient (Wildman–Crippen LogP) is 3.76. The lowest BCUT2D eigenvalue weighted by molar-refractivity contribution is -0.120. The van der Waals surface area contributed by atoms with Crippen LogP contribution in [-0.4, -0.2) is 40.3 Å². The Bertz CT molecular complexity index is 1210. The van der Waals surface area contributed by atoms with Gasteiger partial charge in [0.25, 0.3) is 11.8 Å². The predicted molar refractivity (Wildman–Crippen MR) is 118 cm³/mol. The summed E-state index contributed by atoms with van der Waals surface area (Å²) in [5.41, 5.74) is 3.72. The minimum absolute atomic E-state index is 0.274. The smallest absolute Gasteiger partial charge is 0.332 e. The van der Waals surface area contributed by atoms with Crippen LogP contribution in [0.3, 0.4) is 0 Å². The van der Waals surface area contributed by atoms with E-state index in [9.17, 15) is 14.4 Å². The first kappa shape index (κ1) is 19.4. The molecule has 3 aromatic rings. The van der Waals surface area contributed by atoms with Crippen LogP contribution in [0.5, 0.6) is 0 Å². The first-order valence-electron chi connectivity index (χ1n) is 10.7. The molecule has 0 saturated carbocycles. The van der Waals surface area contributed by atoms with E-state index in [1.54, 1.807) is 29.2 Å². The molecule has 2 aliphatic heterocycles. The van der Waals surface area contributed by atoms with Gasteiger partial charge in [0.15, 0.2) is 0 Å². The van der Waals surface area contributed by atoms with Gasteiger partial charge in [0.05, 0.1) is 17.3 Å². The van der Waals surface area contributed by atoms with Gasteiger partial charge in [-0.1, -0.05) is 37.3 Å². The van der Waals surface area contributed by atoms with Gasteiger partial charge in [-0.2, -0.15) is 0 Å². The number of hydrogen-bond donors (Lipinski definition) is 2. The maximum Gasteiger partial charge on any atom is 0.332 e. The molecule has 1 saturated heterocycles. The van der Waals surface area contributed by atoms with Crippen LogP contribution in [0.15, 0.2) is 48.5 Å². The molecule has 2 aliphatic rings. The fraction of sp³-hybridized carbons (Fsp3) is 0.292. The van der Waals surface area contributed by atoms with E-state index in [-0.39, 0.29) is 23.9 Å². The summed E-state index contributed by atoms with van der Waals surface area (Å²) >= 11 is 0. The second-order valence-corrected chi connectivity index (χ2v) is 8.10. The number of anilines is 1. The Morgan fingerprint density at radius 1 is 1.13 bits per heavy atom. The Morgan fingerprint density at radius 3 is 2.68 bits per heavy atom. The highest BCUT2D eigenvalue weighted by Gasteiger charge is 2.52. The van der Waals surface area contributed by atoms with E-state index >= 15 is 0 Å². The number of fused-ring (bicyclic) bond motifs is 4. The van der Waals surface area contributed by atoms with E-state index in [1.165, 1.54) is 4.90 Å². The van der Waals surface area contributed by atoms with Gasteiger partial charge in [-0.15, -0.1) is 0 Å². The molecule has 158 valence electrons. The molecular formula is C24H24N4O3. The van der Waals surface area contributed by atoms with E-state index < -0.39 is 6.04 Å². The van der Waals surface area contributed by atoms with E-state index in [0.717, 1.165) is 28.6 Å². The number of imide groups is 1. The SMILES string of the molecule is CCCNC(=O)c1ccccc1N1C(=O)[C@@H]2Cc3c([nH]c4ccccc34)C(C)N2C1=O. The molecule has 5 rings (SSSR count). The van der Waals surface area contributed by atoms with Crippen LogP contribution in [0.1, 0.15) is 47.9 Å². The van der Waals surface area contributed by atoms with Crippen LogP contribution < -0.4 is 10.2 Å². The number of H-pyrrole nitrogens is 1. The average molecular weight is 416 g/mol. The van der Waals surface area contributed by atoms with Gasteiger partial charge < -0.3 is 15.2 Å². The number of aromatic nitrogens is 1. The summed E-state index contributed by atoms with van der Waals surface area (Å²) in [6, 6.07) is 13.5. The number of rotatable bonds is 4. The van der Waals surface area contributed by atoms with E-state index in [0.29, 0.717) is 24.2 Å². The average Bonchev–Trinajstić information content (AvgIpc) is 3.28. The maximum absolute atomic E-state index is 13.5. The third kappa shape index (κ3) is 2.84. The minimum Gasteiger partial charge on any atom is -0.356 e. The van der Waals surface area contributed by atoms with Crippen LogP contribution in [0, 0.1) is 0 Å². The number of nitrogens with one attached hydrogen (secondary N) is 2.